The van der Waals surface area contributed by atoms with Crippen molar-refractivity contribution in [3.05, 3.63) is 10.1 Å². The van der Waals surface area contributed by atoms with Gasteiger partial charge in [-0.25, -0.2) is 0 Å². The minimum Gasteiger partial charge on any atom is -0.125 e. The van der Waals surface area contributed by atoms with Gasteiger partial charge >= 0.3 is 0 Å². The van der Waals surface area contributed by atoms with E-state index in [-0.39, 0.29) is 5.41 Å². The molecule has 0 nitrogen and oxygen atoms in total. The summed E-state index contributed by atoms with van der Waals surface area (Å²) in [5.41, 5.74) is -0.162. The molecule has 0 spiro atoms. The van der Waals surface area contributed by atoms with Crippen LogP contribution in [0.2, 0.25) is 0 Å². The second kappa shape index (κ2) is 1.80. The molecule has 0 heterocycles. The zero-order chi connectivity index (χ0) is 6.36. The molecule has 0 fully saturated rings. The van der Waals surface area contributed by atoms with Crippen LogP contribution in [0.3, 0.4) is 0 Å². The molecule has 0 atom stereocenters. The van der Waals surface area contributed by atoms with Crippen molar-refractivity contribution in [1.29, 1.82) is 0 Å². The highest BCUT2D eigenvalue weighted by Gasteiger charge is 2.47. The molecular formula is C5H5Cl3. The minimum atomic E-state index is -0.162. The molecule has 0 bridgehead atoms. The van der Waals surface area contributed by atoms with Crippen LogP contribution in [0.25, 0.3) is 0 Å². The van der Waals surface area contributed by atoms with Crippen LogP contribution < -0.4 is 0 Å². The summed E-state index contributed by atoms with van der Waals surface area (Å²) in [4.78, 5) is 0. The summed E-state index contributed by atoms with van der Waals surface area (Å²) in [6.07, 6.45) is 0. The lowest BCUT2D eigenvalue weighted by Crippen LogP contribution is -1.99. The molecule has 0 amide bonds. The summed E-state index contributed by atoms with van der Waals surface area (Å²) in [5.74, 6) is 0.491. The van der Waals surface area contributed by atoms with E-state index in [1.54, 1.807) is 0 Å². The molecule has 0 saturated heterocycles. The third-order valence-electron chi connectivity index (χ3n) is 1.37. The third-order valence-corrected chi connectivity index (χ3v) is 3.21. The number of alkyl halides is 1. The molecule has 46 valence electrons. The Bertz CT molecular complexity index is 136. The number of hydrogen-bond donors (Lipinski definition) is 0. The lowest BCUT2D eigenvalue weighted by Gasteiger charge is -2.01. The second-order valence-electron chi connectivity index (χ2n) is 2.09. The van der Waals surface area contributed by atoms with Crippen LogP contribution in [-0.2, 0) is 0 Å². The Kier molecular flexibility index (Phi) is 1.51. The van der Waals surface area contributed by atoms with Gasteiger partial charge in [-0.3, -0.25) is 0 Å². The van der Waals surface area contributed by atoms with Gasteiger partial charge < -0.3 is 0 Å². The lowest BCUT2D eigenvalue weighted by molar-refractivity contribution is 0.723. The first-order valence-electron chi connectivity index (χ1n) is 2.25. The first-order valence-corrected chi connectivity index (χ1v) is 3.54. The Morgan fingerprint density at radius 3 is 1.75 bits per heavy atom. The molecule has 0 aromatic rings. The summed E-state index contributed by atoms with van der Waals surface area (Å²) < 4.78 is 0. The van der Waals surface area contributed by atoms with E-state index in [9.17, 15) is 0 Å². The largest absolute Gasteiger partial charge is 0.125 e. The van der Waals surface area contributed by atoms with E-state index in [2.05, 4.69) is 0 Å². The highest BCUT2D eigenvalue weighted by atomic mass is 35.5. The zero-order valence-electron chi connectivity index (χ0n) is 4.34. The fourth-order valence-corrected chi connectivity index (χ4v) is 1.55. The predicted octanol–water partition coefficient (Wildman–Crippen LogP) is 2.93. The fraction of sp³-hybridized carbons (Fsp3) is 0.600. The van der Waals surface area contributed by atoms with Crippen molar-refractivity contribution < 1.29 is 0 Å². The summed E-state index contributed by atoms with van der Waals surface area (Å²) in [6.45, 7) is 1.92. The molecule has 0 aliphatic heterocycles. The van der Waals surface area contributed by atoms with Gasteiger partial charge in [0.15, 0.2) is 0 Å². The number of hydrogen-bond acceptors (Lipinski definition) is 0. The molecular weight excluding hydrogens is 166 g/mol. The highest BCUT2D eigenvalue weighted by Crippen LogP contribution is 2.57. The highest BCUT2D eigenvalue weighted by molar-refractivity contribution is 6.47. The van der Waals surface area contributed by atoms with Gasteiger partial charge in [-0.1, -0.05) is 23.2 Å². The van der Waals surface area contributed by atoms with Crippen molar-refractivity contribution in [3.8, 4) is 0 Å². The molecule has 0 aromatic heterocycles. The Balaban J connectivity index is 2.60. The van der Waals surface area contributed by atoms with E-state index >= 15 is 0 Å². The second-order valence-corrected chi connectivity index (χ2v) is 3.12. The monoisotopic (exact) mass is 170 g/mol. The minimum absolute atomic E-state index is 0.162. The van der Waals surface area contributed by atoms with Crippen LogP contribution in [0.1, 0.15) is 6.92 Å². The summed E-state index contributed by atoms with van der Waals surface area (Å²) in [6, 6.07) is 0. The fourth-order valence-electron chi connectivity index (χ4n) is 0.450. The first-order chi connectivity index (χ1) is 3.63. The van der Waals surface area contributed by atoms with Crippen molar-refractivity contribution in [2.45, 2.75) is 6.92 Å². The normalized spacial score (nSPS) is 24.0. The number of halogens is 3. The van der Waals surface area contributed by atoms with Crippen molar-refractivity contribution in [1.82, 2.24) is 0 Å². The molecule has 1 aliphatic carbocycles. The zero-order valence-corrected chi connectivity index (χ0v) is 6.61. The van der Waals surface area contributed by atoms with Gasteiger partial charge in [0.1, 0.15) is 0 Å². The van der Waals surface area contributed by atoms with Crippen LogP contribution in [0.4, 0.5) is 0 Å². The lowest BCUT2D eigenvalue weighted by atomic mass is 10.1. The maximum absolute atomic E-state index is 5.61. The molecule has 0 N–H and O–H groups in total. The molecule has 8 heavy (non-hydrogen) atoms. The topological polar surface area (TPSA) is 0 Å². The van der Waals surface area contributed by atoms with Crippen LogP contribution >= 0.6 is 34.8 Å². The van der Waals surface area contributed by atoms with Crippen molar-refractivity contribution in [2.24, 2.45) is 5.41 Å². The van der Waals surface area contributed by atoms with Crippen molar-refractivity contribution in [2.75, 3.05) is 5.88 Å². The Morgan fingerprint density at radius 2 is 1.75 bits per heavy atom. The average Bonchev–Trinajstić information content (AvgIpc) is 2.22. The van der Waals surface area contributed by atoms with Gasteiger partial charge in [0.2, 0.25) is 0 Å². The van der Waals surface area contributed by atoms with E-state index in [1.807, 2.05) is 6.92 Å². The quantitative estimate of drug-likeness (QED) is 0.532. The summed E-state index contributed by atoms with van der Waals surface area (Å²) in [7, 11) is 0. The van der Waals surface area contributed by atoms with Gasteiger partial charge in [0.25, 0.3) is 0 Å². The Morgan fingerprint density at radius 1 is 1.38 bits per heavy atom. The van der Waals surface area contributed by atoms with Crippen LogP contribution in [-0.4, -0.2) is 5.88 Å². The van der Waals surface area contributed by atoms with Gasteiger partial charge in [0.05, 0.1) is 5.41 Å². The van der Waals surface area contributed by atoms with Gasteiger partial charge in [-0.15, -0.1) is 11.6 Å². The van der Waals surface area contributed by atoms with Crippen molar-refractivity contribution in [3.63, 3.8) is 0 Å². The van der Waals surface area contributed by atoms with Crippen molar-refractivity contribution >= 4 is 34.8 Å². The van der Waals surface area contributed by atoms with E-state index in [4.69, 9.17) is 34.8 Å². The predicted molar refractivity (Wildman–Crippen MR) is 37.6 cm³/mol. The van der Waals surface area contributed by atoms with Gasteiger partial charge in [-0.05, 0) is 6.92 Å². The van der Waals surface area contributed by atoms with E-state index < -0.39 is 0 Å². The van der Waals surface area contributed by atoms with E-state index in [0.29, 0.717) is 15.9 Å². The maximum atomic E-state index is 5.61. The van der Waals surface area contributed by atoms with Crippen LogP contribution in [0, 0.1) is 5.41 Å². The van der Waals surface area contributed by atoms with E-state index in [0.717, 1.165) is 0 Å². The number of allylic oxidation sites excluding steroid dienone is 2. The maximum Gasteiger partial charge on any atom is 0.0548 e. The van der Waals surface area contributed by atoms with Gasteiger partial charge in [-0.2, -0.15) is 0 Å². The summed E-state index contributed by atoms with van der Waals surface area (Å²) >= 11 is 16.7. The molecule has 0 aromatic carbocycles. The molecule has 0 radical (unpaired) electrons. The first kappa shape index (κ1) is 6.73. The molecule has 0 unspecified atom stereocenters. The molecule has 0 saturated carbocycles. The Labute approximate surface area is 63.4 Å². The number of rotatable bonds is 1. The smallest absolute Gasteiger partial charge is 0.0548 e. The standard InChI is InChI=1S/C5H5Cl3/c1-5(2-6)3(7)4(5)8/h2H2,1H3. The van der Waals surface area contributed by atoms with Crippen LogP contribution in [0.5, 0.6) is 0 Å². The molecule has 1 rings (SSSR count). The van der Waals surface area contributed by atoms with Gasteiger partial charge in [0, 0.05) is 15.9 Å². The van der Waals surface area contributed by atoms with E-state index in [1.165, 1.54) is 0 Å². The SMILES string of the molecule is CC1(CCl)C(Cl)=C1Cl. The van der Waals surface area contributed by atoms with Crippen LogP contribution in [0.15, 0.2) is 10.1 Å². The average molecular weight is 171 g/mol. The summed E-state index contributed by atoms with van der Waals surface area (Å²) in [5, 5.41) is 1.43. The Hall–Kier alpha value is 0.610. The third kappa shape index (κ3) is 0.671. The molecule has 1 aliphatic rings. The molecule has 3 heteroatoms.